The van der Waals surface area contributed by atoms with Crippen LogP contribution < -0.4 is 4.90 Å². The van der Waals surface area contributed by atoms with Crippen molar-refractivity contribution in [3.63, 3.8) is 0 Å². The van der Waals surface area contributed by atoms with E-state index < -0.39 is 0 Å². The second kappa shape index (κ2) is 6.29. The average molecular weight is 306 g/mol. The van der Waals surface area contributed by atoms with E-state index in [0.29, 0.717) is 13.0 Å². The molecule has 1 aromatic heterocycles. The van der Waals surface area contributed by atoms with Crippen molar-refractivity contribution in [2.75, 3.05) is 11.4 Å². The molecule has 0 aliphatic carbocycles. The first-order chi connectivity index (χ1) is 11.1. The number of aromatic amines is 1. The monoisotopic (exact) mass is 306 g/mol. The summed E-state index contributed by atoms with van der Waals surface area (Å²) in [5.74, 6) is 0.127. The summed E-state index contributed by atoms with van der Waals surface area (Å²) >= 11 is 0. The van der Waals surface area contributed by atoms with E-state index in [1.165, 1.54) is 11.1 Å². The Morgan fingerprint density at radius 1 is 1.09 bits per heavy atom. The average Bonchev–Trinajstić information content (AvgIpc) is 2.90. The normalized spacial score (nSPS) is 10.9. The van der Waals surface area contributed by atoms with Crippen molar-refractivity contribution in [1.29, 1.82) is 0 Å². The smallest absolute Gasteiger partial charge is 0.231 e. The number of hydrogen-bond acceptors (Lipinski definition) is 1. The summed E-state index contributed by atoms with van der Waals surface area (Å²) in [4.78, 5) is 17.9. The largest absolute Gasteiger partial charge is 0.361 e. The third-order valence-electron chi connectivity index (χ3n) is 4.15. The van der Waals surface area contributed by atoms with Crippen molar-refractivity contribution >= 4 is 22.5 Å². The molecule has 0 unspecified atom stereocenters. The zero-order chi connectivity index (χ0) is 16.4. The van der Waals surface area contributed by atoms with Crippen LogP contribution in [0.5, 0.6) is 0 Å². The number of nitrogens with zero attached hydrogens (tertiary/aromatic N) is 1. The highest BCUT2D eigenvalue weighted by Gasteiger charge is 2.16. The number of carbonyl (C=O) groups is 1. The van der Waals surface area contributed by atoms with Gasteiger partial charge in [0.25, 0.3) is 0 Å². The predicted molar refractivity (Wildman–Crippen MR) is 95.9 cm³/mol. The fourth-order valence-corrected chi connectivity index (χ4v) is 3.15. The lowest BCUT2D eigenvalue weighted by atomic mass is 10.1. The molecule has 3 aromatic rings. The first-order valence-electron chi connectivity index (χ1n) is 8.02. The maximum Gasteiger partial charge on any atom is 0.231 e. The molecule has 1 amide bonds. The molecule has 0 bridgehead atoms. The van der Waals surface area contributed by atoms with Crippen LogP contribution in [0.1, 0.15) is 23.6 Å². The van der Waals surface area contributed by atoms with E-state index >= 15 is 0 Å². The van der Waals surface area contributed by atoms with Gasteiger partial charge in [0.1, 0.15) is 0 Å². The number of hydrogen-bond donors (Lipinski definition) is 1. The Bertz CT molecular complexity index is 827. The van der Waals surface area contributed by atoms with Crippen molar-refractivity contribution in [2.45, 2.75) is 27.2 Å². The number of carbonyl (C=O) groups excluding carboxylic acids is 1. The molecule has 0 fully saturated rings. The maximum absolute atomic E-state index is 12.8. The van der Waals surface area contributed by atoms with Crippen LogP contribution in [-0.4, -0.2) is 17.4 Å². The quantitative estimate of drug-likeness (QED) is 0.763. The van der Waals surface area contributed by atoms with Crippen LogP contribution >= 0.6 is 0 Å². The minimum absolute atomic E-state index is 0.127. The summed E-state index contributed by atoms with van der Waals surface area (Å²) in [5.41, 5.74) is 5.46. The standard InChI is InChI=1S/C20H22N2O/c1-4-22(17-10-14(2)9-15(3)11-17)20(23)12-16-13-21-19-8-6-5-7-18(16)19/h5-11,13,21H,4,12H2,1-3H3. The van der Waals surface area contributed by atoms with Crippen molar-refractivity contribution in [2.24, 2.45) is 0 Å². The highest BCUT2D eigenvalue weighted by Crippen LogP contribution is 2.22. The minimum Gasteiger partial charge on any atom is -0.361 e. The molecule has 0 saturated heterocycles. The molecule has 1 N–H and O–H groups in total. The summed E-state index contributed by atoms with van der Waals surface area (Å²) in [6.07, 6.45) is 2.35. The number of anilines is 1. The molecule has 3 rings (SSSR count). The van der Waals surface area contributed by atoms with Crippen LogP contribution in [-0.2, 0) is 11.2 Å². The Labute approximate surface area is 136 Å². The fourth-order valence-electron chi connectivity index (χ4n) is 3.15. The van der Waals surface area contributed by atoms with Crippen LogP contribution in [0.4, 0.5) is 5.69 Å². The van der Waals surface area contributed by atoms with Crippen LogP contribution in [0.25, 0.3) is 10.9 Å². The third kappa shape index (κ3) is 3.14. The molecule has 0 saturated carbocycles. The van der Waals surface area contributed by atoms with Gasteiger partial charge in [0.2, 0.25) is 5.91 Å². The van der Waals surface area contributed by atoms with Crippen molar-refractivity contribution in [3.8, 4) is 0 Å². The first kappa shape index (κ1) is 15.3. The van der Waals surface area contributed by atoms with E-state index in [1.807, 2.05) is 36.2 Å². The van der Waals surface area contributed by atoms with Gasteiger partial charge in [0.05, 0.1) is 6.42 Å². The molecular weight excluding hydrogens is 284 g/mol. The fraction of sp³-hybridized carbons (Fsp3) is 0.250. The van der Waals surface area contributed by atoms with E-state index in [1.54, 1.807) is 0 Å². The Morgan fingerprint density at radius 2 is 1.78 bits per heavy atom. The van der Waals surface area contributed by atoms with Gasteiger partial charge in [-0.3, -0.25) is 4.79 Å². The van der Waals surface area contributed by atoms with Gasteiger partial charge in [-0.25, -0.2) is 0 Å². The Morgan fingerprint density at radius 3 is 2.48 bits per heavy atom. The summed E-state index contributed by atoms with van der Waals surface area (Å²) in [6, 6.07) is 14.4. The number of H-pyrrole nitrogens is 1. The highest BCUT2D eigenvalue weighted by molar-refractivity contribution is 5.97. The van der Waals surface area contributed by atoms with Gasteiger partial charge in [-0.1, -0.05) is 24.3 Å². The van der Waals surface area contributed by atoms with E-state index in [2.05, 4.69) is 43.1 Å². The molecule has 0 radical (unpaired) electrons. The first-order valence-corrected chi connectivity index (χ1v) is 8.02. The van der Waals surface area contributed by atoms with Crippen LogP contribution in [0, 0.1) is 13.8 Å². The molecule has 3 heteroatoms. The van der Waals surface area contributed by atoms with E-state index in [9.17, 15) is 4.79 Å². The summed E-state index contributed by atoms with van der Waals surface area (Å²) in [6.45, 7) is 6.82. The number of likely N-dealkylation sites (N-methyl/N-ethyl adjacent to an activating group) is 1. The summed E-state index contributed by atoms with van der Waals surface area (Å²) in [5, 5.41) is 1.12. The number of aromatic nitrogens is 1. The zero-order valence-corrected chi connectivity index (χ0v) is 13.9. The van der Waals surface area contributed by atoms with Crippen molar-refractivity contribution in [3.05, 3.63) is 65.4 Å². The lowest BCUT2D eigenvalue weighted by Crippen LogP contribution is -2.32. The second-order valence-corrected chi connectivity index (χ2v) is 6.02. The number of nitrogens with one attached hydrogen (secondary N) is 1. The molecular formula is C20H22N2O. The number of benzene rings is 2. The summed E-state index contributed by atoms with van der Waals surface area (Å²) < 4.78 is 0. The minimum atomic E-state index is 0.127. The molecule has 2 aromatic carbocycles. The van der Waals surface area contributed by atoms with E-state index in [-0.39, 0.29) is 5.91 Å². The molecule has 23 heavy (non-hydrogen) atoms. The molecule has 1 heterocycles. The van der Waals surface area contributed by atoms with Crippen molar-refractivity contribution < 1.29 is 4.79 Å². The van der Waals surface area contributed by atoms with Gasteiger partial charge >= 0.3 is 0 Å². The van der Waals surface area contributed by atoms with Gasteiger partial charge in [-0.15, -0.1) is 0 Å². The lowest BCUT2D eigenvalue weighted by molar-refractivity contribution is -0.117. The SMILES string of the molecule is CCN(C(=O)Cc1c[nH]c2ccccc12)c1cc(C)cc(C)c1. The van der Waals surface area contributed by atoms with E-state index in [4.69, 9.17) is 0 Å². The predicted octanol–water partition coefficient (Wildman–Crippen LogP) is 4.38. The number of rotatable bonds is 4. The van der Waals surface area contributed by atoms with E-state index in [0.717, 1.165) is 22.2 Å². The third-order valence-corrected chi connectivity index (χ3v) is 4.15. The molecule has 0 aliphatic rings. The van der Waals surface area contributed by atoms with Crippen LogP contribution in [0.2, 0.25) is 0 Å². The lowest BCUT2D eigenvalue weighted by Gasteiger charge is -2.22. The van der Waals surface area contributed by atoms with Gasteiger partial charge in [0.15, 0.2) is 0 Å². The van der Waals surface area contributed by atoms with Gasteiger partial charge < -0.3 is 9.88 Å². The Kier molecular flexibility index (Phi) is 4.20. The van der Waals surface area contributed by atoms with Crippen LogP contribution in [0.15, 0.2) is 48.7 Å². The number of amides is 1. The summed E-state index contributed by atoms with van der Waals surface area (Å²) in [7, 11) is 0. The molecule has 0 aliphatic heterocycles. The maximum atomic E-state index is 12.8. The Balaban J connectivity index is 1.88. The number of fused-ring (bicyclic) bond motifs is 1. The molecule has 118 valence electrons. The van der Waals surface area contributed by atoms with Crippen LogP contribution in [0.3, 0.4) is 0 Å². The topological polar surface area (TPSA) is 36.1 Å². The zero-order valence-electron chi connectivity index (χ0n) is 13.9. The molecule has 3 nitrogen and oxygen atoms in total. The Hall–Kier alpha value is -2.55. The van der Waals surface area contributed by atoms with Crippen molar-refractivity contribution in [1.82, 2.24) is 4.98 Å². The van der Waals surface area contributed by atoms with Gasteiger partial charge in [0, 0.05) is 29.3 Å². The van der Waals surface area contributed by atoms with Gasteiger partial charge in [-0.2, -0.15) is 0 Å². The number of para-hydroxylation sites is 1. The second-order valence-electron chi connectivity index (χ2n) is 6.02. The molecule has 0 spiro atoms. The number of aryl methyl sites for hydroxylation is 2. The highest BCUT2D eigenvalue weighted by atomic mass is 16.2. The van der Waals surface area contributed by atoms with Gasteiger partial charge in [-0.05, 0) is 55.7 Å². The molecule has 0 atom stereocenters.